The molecule has 0 heterocycles. The minimum absolute atomic E-state index is 0.203. The fourth-order valence-corrected chi connectivity index (χ4v) is 3.92. The zero-order valence-corrected chi connectivity index (χ0v) is 15.3. The van der Waals surface area contributed by atoms with E-state index in [4.69, 9.17) is 9.47 Å². The Morgan fingerprint density at radius 1 is 1.11 bits per heavy atom. The molecule has 1 atom stereocenters. The number of carbonyl (C=O) groups excluding carboxylic acids is 3. The lowest BCUT2D eigenvalue weighted by Crippen LogP contribution is -2.53. The van der Waals surface area contributed by atoms with E-state index in [1.807, 2.05) is 42.5 Å². The minimum Gasteiger partial charge on any atom is -0.469 e. The number of hydrogen-bond donors (Lipinski definition) is 0. The Balaban J connectivity index is 2.01. The van der Waals surface area contributed by atoms with Gasteiger partial charge in [-0.25, -0.2) is 9.59 Å². The Morgan fingerprint density at radius 2 is 1.81 bits per heavy atom. The lowest BCUT2D eigenvalue weighted by molar-refractivity contribution is -0.159. The Hall–Kier alpha value is -2.98. The summed E-state index contributed by atoms with van der Waals surface area (Å²) in [5.41, 5.74) is -0.510. The molecule has 0 aromatic heterocycles. The molecule has 0 bridgehead atoms. The van der Waals surface area contributed by atoms with Crippen molar-refractivity contribution in [3.8, 4) is 0 Å². The first kappa shape index (κ1) is 18.8. The zero-order chi connectivity index (χ0) is 19.4. The van der Waals surface area contributed by atoms with Gasteiger partial charge in [-0.2, -0.15) is 4.99 Å². The molecular formula is C21H21NO5. The van der Waals surface area contributed by atoms with Gasteiger partial charge in [-0.05, 0) is 35.1 Å². The highest BCUT2D eigenvalue weighted by molar-refractivity contribution is 5.89. The molecule has 27 heavy (non-hydrogen) atoms. The van der Waals surface area contributed by atoms with E-state index in [1.54, 1.807) is 6.08 Å². The molecule has 2 aromatic carbocycles. The largest absolute Gasteiger partial charge is 0.469 e. The molecule has 0 N–H and O–H groups in total. The van der Waals surface area contributed by atoms with Gasteiger partial charge in [-0.15, -0.1) is 0 Å². The third-order valence-electron chi connectivity index (χ3n) is 5.47. The molecule has 0 aliphatic heterocycles. The molecule has 1 fully saturated rings. The number of rotatable bonds is 6. The first-order chi connectivity index (χ1) is 13.1. The summed E-state index contributed by atoms with van der Waals surface area (Å²) >= 11 is 0. The van der Waals surface area contributed by atoms with Crippen LogP contribution in [-0.2, 0) is 30.3 Å². The molecule has 0 amide bonds. The molecule has 6 nitrogen and oxygen atoms in total. The second-order valence-electron chi connectivity index (χ2n) is 6.82. The first-order valence-electron chi connectivity index (χ1n) is 8.77. The number of esters is 2. The molecular weight excluding hydrogens is 346 g/mol. The van der Waals surface area contributed by atoms with Gasteiger partial charge in [0, 0.05) is 6.42 Å². The van der Waals surface area contributed by atoms with Crippen LogP contribution in [0.2, 0.25) is 0 Å². The second-order valence-corrected chi connectivity index (χ2v) is 6.82. The van der Waals surface area contributed by atoms with Gasteiger partial charge in [0.1, 0.15) is 0 Å². The number of benzene rings is 2. The van der Waals surface area contributed by atoms with Crippen LogP contribution in [0.1, 0.15) is 18.4 Å². The summed E-state index contributed by atoms with van der Waals surface area (Å²) in [7, 11) is 2.61. The maximum Gasteiger partial charge on any atom is 0.335 e. The van der Waals surface area contributed by atoms with Gasteiger partial charge in [-0.1, -0.05) is 42.5 Å². The average molecular weight is 367 g/mol. The fourth-order valence-electron chi connectivity index (χ4n) is 3.92. The number of carbonyl (C=O) groups is 2. The van der Waals surface area contributed by atoms with Gasteiger partial charge in [0.25, 0.3) is 0 Å². The highest BCUT2D eigenvalue weighted by Crippen LogP contribution is 2.46. The normalized spacial score (nSPS) is 20.7. The number of nitrogens with zero attached hydrogens (tertiary/aromatic N) is 1. The number of aliphatic imine (C=N–C) groups is 1. The van der Waals surface area contributed by atoms with E-state index in [0.717, 1.165) is 16.3 Å². The lowest BCUT2D eigenvalue weighted by Gasteiger charge is -2.43. The number of fused-ring (bicyclic) bond motifs is 1. The van der Waals surface area contributed by atoms with Crippen molar-refractivity contribution in [3.05, 3.63) is 48.0 Å². The van der Waals surface area contributed by atoms with Gasteiger partial charge < -0.3 is 9.47 Å². The SMILES string of the molecule is COC(=O)C1CC(C(Cc2cccc3ccccc23)(N=C=O)C(=O)OC)C1. The molecule has 2 aromatic rings. The van der Waals surface area contributed by atoms with Crippen LogP contribution in [0.25, 0.3) is 10.8 Å². The Bertz CT molecular complexity index is 906. The van der Waals surface area contributed by atoms with Crippen molar-refractivity contribution in [2.75, 3.05) is 14.2 Å². The Morgan fingerprint density at radius 3 is 2.48 bits per heavy atom. The Kier molecular flexibility index (Phi) is 5.38. The quantitative estimate of drug-likeness (QED) is 0.445. The van der Waals surface area contributed by atoms with Crippen LogP contribution in [0, 0.1) is 11.8 Å². The van der Waals surface area contributed by atoms with Crippen molar-refractivity contribution in [1.82, 2.24) is 0 Å². The summed E-state index contributed by atoms with van der Waals surface area (Å²) in [6.45, 7) is 0. The first-order valence-corrected chi connectivity index (χ1v) is 8.77. The van der Waals surface area contributed by atoms with E-state index < -0.39 is 11.5 Å². The minimum atomic E-state index is -1.40. The third-order valence-corrected chi connectivity index (χ3v) is 5.47. The van der Waals surface area contributed by atoms with E-state index in [9.17, 15) is 14.4 Å². The third kappa shape index (κ3) is 3.36. The summed E-state index contributed by atoms with van der Waals surface area (Å²) in [5.74, 6) is -1.50. The summed E-state index contributed by atoms with van der Waals surface area (Å²) in [4.78, 5) is 39.6. The van der Waals surface area contributed by atoms with Crippen LogP contribution in [0.5, 0.6) is 0 Å². The van der Waals surface area contributed by atoms with E-state index >= 15 is 0 Å². The maximum atomic E-state index is 12.7. The van der Waals surface area contributed by atoms with E-state index in [1.165, 1.54) is 14.2 Å². The maximum absolute atomic E-state index is 12.7. The summed E-state index contributed by atoms with van der Waals surface area (Å²) in [5, 5.41) is 2.02. The molecule has 1 aliphatic carbocycles. The number of ether oxygens (including phenoxy) is 2. The monoisotopic (exact) mass is 367 g/mol. The number of hydrogen-bond acceptors (Lipinski definition) is 6. The van der Waals surface area contributed by atoms with Crippen LogP contribution in [-0.4, -0.2) is 37.8 Å². The predicted octanol–water partition coefficient (Wildman–Crippen LogP) is 2.83. The number of isocyanates is 1. The Labute approximate surface area is 157 Å². The van der Waals surface area contributed by atoms with E-state index in [2.05, 4.69) is 4.99 Å². The van der Waals surface area contributed by atoms with Crippen molar-refractivity contribution >= 4 is 28.8 Å². The van der Waals surface area contributed by atoms with Gasteiger partial charge >= 0.3 is 11.9 Å². The molecule has 0 spiro atoms. The molecule has 3 rings (SSSR count). The van der Waals surface area contributed by atoms with Crippen molar-refractivity contribution < 1.29 is 23.9 Å². The van der Waals surface area contributed by atoms with Crippen molar-refractivity contribution in [2.45, 2.75) is 24.8 Å². The highest BCUT2D eigenvalue weighted by Gasteiger charge is 2.54. The van der Waals surface area contributed by atoms with Crippen LogP contribution < -0.4 is 0 Å². The fraction of sp³-hybridized carbons (Fsp3) is 0.381. The lowest BCUT2D eigenvalue weighted by atomic mass is 9.63. The van der Waals surface area contributed by atoms with Crippen LogP contribution in [0.4, 0.5) is 0 Å². The van der Waals surface area contributed by atoms with Gasteiger partial charge in [-0.3, -0.25) is 4.79 Å². The molecule has 140 valence electrons. The van der Waals surface area contributed by atoms with Crippen molar-refractivity contribution in [2.24, 2.45) is 16.8 Å². The summed E-state index contributed by atoms with van der Waals surface area (Å²) < 4.78 is 9.78. The van der Waals surface area contributed by atoms with Crippen LogP contribution >= 0.6 is 0 Å². The molecule has 1 unspecified atom stereocenters. The van der Waals surface area contributed by atoms with E-state index in [-0.39, 0.29) is 24.2 Å². The second kappa shape index (κ2) is 7.72. The van der Waals surface area contributed by atoms with Gasteiger partial charge in [0.2, 0.25) is 6.08 Å². The molecule has 1 aliphatic rings. The molecule has 0 radical (unpaired) electrons. The van der Waals surface area contributed by atoms with Crippen LogP contribution in [0.15, 0.2) is 47.5 Å². The predicted molar refractivity (Wildman–Crippen MR) is 98.8 cm³/mol. The highest BCUT2D eigenvalue weighted by atomic mass is 16.5. The average Bonchev–Trinajstić information content (AvgIpc) is 2.66. The zero-order valence-electron chi connectivity index (χ0n) is 15.3. The smallest absolute Gasteiger partial charge is 0.335 e. The summed E-state index contributed by atoms with van der Waals surface area (Å²) in [6.07, 6.45) is 2.59. The topological polar surface area (TPSA) is 82.0 Å². The molecule has 0 saturated heterocycles. The molecule has 6 heteroatoms. The van der Waals surface area contributed by atoms with E-state index in [0.29, 0.717) is 12.8 Å². The van der Waals surface area contributed by atoms with Gasteiger partial charge in [0.05, 0.1) is 20.1 Å². The van der Waals surface area contributed by atoms with Crippen LogP contribution in [0.3, 0.4) is 0 Å². The van der Waals surface area contributed by atoms with Gasteiger partial charge in [0.15, 0.2) is 5.54 Å². The molecule has 1 saturated carbocycles. The number of methoxy groups -OCH3 is 2. The van der Waals surface area contributed by atoms with Crippen molar-refractivity contribution in [3.63, 3.8) is 0 Å². The standard InChI is InChI=1S/C21H21NO5/c1-26-19(24)16-10-17(11-16)21(22-13-23,20(25)27-2)12-15-8-5-7-14-6-3-4-9-18(14)15/h3-9,16-17H,10-12H2,1-2H3. The van der Waals surface area contributed by atoms with Crippen molar-refractivity contribution in [1.29, 1.82) is 0 Å². The summed E-state index contributed by atoms with van der Waals surface area (Å²) in [6, 6.07) is 13.6.